The molecule has 1 spiro atoms. The Bertz CT molecular complexity index is 162. The van der Waals surface area contributed by atoms with Gasteiger partial charge in [0.05, 0.1) is 0 Å². The van der Waals surface area contributed by atoms with Gasteiger partial charge in [0.1, 0.15) is 0 Å². The zero-order valence-corrected chi connectivity index (χ0v) is 13.2. The molecule has 17 heavy (non-hydrogen) atoms. The average molecular weight is 241 g/mol. The molecule has 2 saturated carbocycles. The fourth-order valence-electron chi connectivity index (χ4n) is 3.09. The van der Waals surface area contributed by atoms with Crippen molar-refractivity contribution in [1.82, 2.24) is 4.90 Å². The third-order valence-electron chi connectivity index (χ3n) is 4.55. The minimum Gasteiger partial charge on any atom is -0.304 e. The van der Waals surface area contributed by atoms with E-state index < -0.39 is 0 Å². The van der Waals surface area contributed by atoms with E-state index in [0.29, 0.717) is 0 Å². The van der Waals surface area contributed by atoms with E-state index in [-0.39, 0.29) is 0 Å². The van der Waals surface area contributed by atoms with Crippen LogP contribution < -0.4 is 0 Å². The van der Waals surface area contributed by atoms with Gasteiger partial charge in [0.15, 0.2) is 0 Å². The first-order valence-electron chi connectivity index (χ1n) is 7.96. The standard InChI is InChI=1S/C12H23N.2C2H6/c1-3-13(2)11-5-9-12(10-6-11)7-4-8-12;2*1-2/h11H,3-10H2,1-2H3;2*1-2H3. The van der Waals surface area contributed by atoms with Crippen LogP contribution in [0.5, 0.6) is 0 Å². The Kier molecular flexibility index (Phi) is 8.94. The summed E-state index contributed by atoms with van der Waals surface area (Å²) in [6.45, 7) is 11.5. The van der Waals surface area contributed by atoms with Gasteiger partial charge in [-0.15, -0.1) is 0 Å². The highest BCUT2D eigenvalue weighted by molar-refractivity contribution is 4.93. The molecule has 0 aromatic carbocycles. The molecule has 1 heteroatoms. The van der Waals surface area contributed by atoms with Gasteiger partial charge in [0, 0.05) is 6.04 Å². The molecule has 0 atom stereocenters. The quantitative estimate of drug-likeness (QED) is 0.650. The normalized spacial score (nSPS) is 22.1. The maximum Gasteiger partial charge on any atom is 0.00925 e. The third-order valence-corrected chi connectivity index (χ3v) is 4.55. The van der Waals surface area contributed by atoms with Crippen LogP contribution in [-0.4, -0.2) is 24.5 Å². The minimum absolute atomic E-state index is 0.838. The van der Waals surface area contributed by atoms with E-state index in [0.717, 1.165) is 11.5 Å². The van der Waals surface area contributed by atoms with Crippen LogP contribution in [0.4, 0.5) is 0 Å². The lowest BCUT2D eigenvalue weighted by Crippen LogP contribution is -2.41. The van der Waals surface area contributed by atoms with Crippen LogP contribution in [0.1, 0.15) is 79.6 Å². The first-order chi connectivity index (χ1) is 8.26. The van der Waals surface area contributed by atoms with Crippen molar-refractivity contribution in [3.05, 3.63) is 0 Å². The van der Waals surface area contributed by atoms with Gasteiger partial charge in [-0.1, -0.05) is 41.0 Å². The molecular formula is C16H35N. The molecule has 2 aliphatic carbocycles. The summed E-state index contributed by atoms with van der Waals surface area (Å²) in [4.78, 5) is 2.53. The van der Waals surface area contributed by atoms with Crippen LogP contribution in [0.3, 0.4) is 0 Å². The largest absolute Gasteiger partial charge is 0.304 e. The Morgan fingerprint density at radius 2 is 1.41 bits per heavy atom. The number of nitrogens with zero attached hydrogens (tertiary/aromatic N) is 1. The summed E-state index contributed by atoms with van der Waals surface area (Å²) < 4.78 is 0. The summed E-state index contributed by atoms with van der Waals surface area (Å²) in [7, 11) is 2.28. The molecule has 0 heterocycles. The van der Waals surface area contributed by atoms with E-state index in [9.17, 15) is 0 Å². The van der Waals surface area contributed by atoms with E-state index in [1.807, 2.05) is 27.7 Å². The highest BCUT2D eigenvalue weighted by atomic mass is 15.1. The van der Waals surface area contributed by atoms with Crippen LogP contribution in [0, 0.1) is 5.41 Å². The average Bonchev–Trinajstić information content (AvgIpc) is 2.41. The second-order valence-corrected chi connectivity index (χ2v) is 5.16. The highest BCUT2D eigenvalue weighted by Gasteiger charge is 2.40. The molecule has 2 fully saturated rings. The predicted molar refractivity (Wildman–Crippen MR) is 79.5 cm³/mol. The molecule has 0 bridgehead atoms. The molecule has 2 aliphatic rings. The first kappa shape index (κ1) is 17.0. The van der Waals surface area contributed by atoms with E-state index in [2.05, 4.69) is 18.9 Å². The van der Waals surface area contributed by atoms with Crippen LogP contribution in [0.15, 0.2) is 0 Å². The van der Waals surface area contributed by atoms with Gasteiger partial charge in [-0.05, 0) is 57.5 Å². The lowest BCUT2D eigenvalue weighted by molar-refractivity contribution is 0.0392. The lowest BCUT2D eigenvalue weighted by atomic mass is 9.60. The second kappa shape index (κ2) is 8.97. The zero-order chi connectivity index (χ0) is 13.3. The van der Waals surface area contributed by atoms with Crippen LogP contribution in [0.2, 0.25) is 0 Å². The van der Waals surface area contributed by atoms with E-state index in [4.69, 9.17) is 0 Å². The summed E-state index contributed by atoms with van der Waals surface area (Å²) in [6.07, 6.45) is 10.5. The van der Waals surface area contributed by atoms with Crippen LogP contribution in [0.25, 0.3) is 0 Å². The van der Waals surface area contributed by atoms with Gasteiger partial charge in [0.2, 0.25) is 0 Å². The maximum absolute atomic E-state index is 2.53. The van der Waals surface area contributed by atoms with Crippen molar-refractivity contribution in [1.29, 1.82) is 0 Å². The molecule has 0 aromatic heterocycles. The molecule has 0 amide bonds. The minimum atomic E-state index is 0.838. The van der Waals surface area contributed by atoms with Gasteiger partial charge in [-0.2, -0.15) is 0 Å². The maximum atomic E-state index is 2.53. The third kappa shape index (κ3) is 4.62. The number of hydrogen-bond donors (Lipinski definition) is 0. The number of hydrogen-bond acceptors (Lipinski definition) is 1. The fraction of sp³-hybridized carbons (Fsp3) is 1.00. The van der Waals surface area contributed by atoms with Crippen molar-refractivity contribution in [2.24, 2.45) is 5.41 Å². The first-order valence-corrected chi connectivity index (χ1v) is 7.96. The second-order valence-electron chi connectivity index (χ2n) is 5.16. The highest BCUT2D eigenvalue weighted by Crippen LogP contribution is 2.51. The molecule has 0 unspecified atom stereocenters. The molecule has 1 nitrogen and oxygen atoms in total. The van der Waals surface area contributed by atoms with E-state index >= 15 is 0 Å². The van der Waals surface area contributed by atoms with Gasteiger partial charge in [0.25, 0.3) is 0 Å². The lowest BCUT2D eigenvalue weighted by Gasteiger charge is -2.48. The summed E-state index contributed by atoms with van der Waals surface area (Å²) in [5.41, 5.74) is 0.838. The van der Waals surface area contributed by atoms with Gasteiger partial charge in [-0.25, -0.2) is 0 Å². The van der Waals surface area contributed by atoms with Crippen molar-refractivity contribution in [3.8, 4) is 0 Å². The molecule has 0 saturated heterocycles. The van der Waals surface area contributed by atoms with E-state index in [1.54, 1.807) is 0 Å². The van der Waals surface area contributed by atoms with Gasteiger partial charge < -0.3 is 4.90 Å². The van der Waals surface area contributed by atoms with E-state index in [1.165, 1.54) is 51.5 Å². The predicted octanol–water partition coefficient (Wildman–Crippen LogP) is 5.10. The molecule has 0 aliphatic heterocycles. The Balaban J connectivity index is 0.000000581. The summed E-state index contributed by atoms with van der Waals surface area (Å²) >= 11 is 0. The van der Waals surface area contributed by atoms with Gasteiger partial charge in [-0.3, -0.25) is 0 Å². The Morgan fingerprint density at radius 3 is 1.71 bits per heavy atom. The molecule has 2 rings (SSSR count). The molecule has 0 N–H and O–H groups in total. The topological polar surface area (TPSA) is 3.24 Å². The molecule has 0 aromatic rings. The van der Waals surface area contributed by atoms with Crippen molar-refractivity contribution in [3.63, 3.8) is 0 Å². The smallest absolute Gasteiger partial charge is 0.00925 e. The zero-order valence-electron chi connectivity index (χ0n) is 13.2. The number of rotatable bonds is 2. The van der Waals surface area contributed by atoms with Crippen molar-refractivity contribution < 1.29 is 0 Å². The van der Waals surface area contributed by atoms with Crippen molar-refractivity contribution >= 4 is 0 Å². The Labute approximate surface area is 110 Å². The molecular weight excluding hydrogens is 206 g/mol. The van der Waals surface area contributed by atoms with Crippen LogP contribution in [-0.2, 0) is 0 Å². The van der Waals surface area contributed by atoms with Crippen molar-refractivity contribution in [2.45, 2.75) is 85.6 Å². The van der Waals surface area contributed by atoms with Crippen LogP contribution >= 0.6 is 0 Å². The molecule has 0 radical (unpaired) electrons. The van der Waals surface area contributed by atoms with Gasteiger partial charge >= 0.3 is 0 Å². The monoisotopic (exact) mass is 241 g/mol. The fourth-order valence-corrected chi connectivity index (χ4v) is 3.09. The summed E-state index contributed by atoms with van der Waals surface area (Å²) in [6, 6.07) is 0.899. The summed E-state index contributed by atoms with van der Waals surface area (Å²) in [5, 5.41) is 0. The molecule has 104 valence electrons. The summed E-state index contributed by atoms with van der Waals surface area (Å²) in [5.74, 6) is 0. The van der Waals surface area contributed by atoms with Crippen molar-refractivity contribution in [2.75, 3.05) is 13.6 Å². The SMILES string of the molecule is CC.CC.CCN(C)C1CCC2(CCC2)CC1. The Morgan fingerprint density at radius 1 is 0.941 bits per heavy atom. The Hall–Kier alpha value is -0.0400.